The number of hydrogen-bond donors (Lipinski definition) is 1. The van der Waals surface area contributed by atoms with Gasteiger partial charge >= 0.3 is 5.97 Å². The van der Waals surface area contributed by atoms with Crippen LogP contribution in [-0.2, 0) is 9.59 Å². The van der Waals surface area contributed by atoms with Gasteiger partial charge in [0.25, 0.3) is 11.7 Å². The minimum absolute atomic E-state index is 0.275. The molecule has 0 radical (unpaired) electrons. The van der Waals surface area contributed by atoms with Crippen molar-refractivity contribution < 1.29 is 19.5 Å². The summed E-state index contributed by atoms with van der Waals surface area (Å²) in [6.07, 6.45) is 4.60. The van der Waals surface area contributed by atoms with Crippen molar-refractivity contribution in [3.8, 4) is 0 Å². The summed E-state index contributed by atoms with van der Waals surface area (Å²) in [6, 6.07) is 3.95. The van der Waals surface area contributed by atoms with Gasteiger partial charge in [-0.1, -0.05) is 41.6 Å². The number of rotatable bonds is 4. The maximum atomic E-state index is 12.3. The minimum atomic E-state index is -1.05. The summed E-state index contributed by atoms with van der Waals surface area (Å²) in [5.74, 6) is -2.11. The van der Waals surface area contributed by atoms with Crippen LogP contribution < -0.4 is 4.90 Å². The fraction of sp³-hybridized carbons (Fsp3) is 0.438. The number of nitrogens with zero attached hydrogens (tertiary/aromatic N) is 1. The summed E-state index contributed by atoms with van der Waals surface area (Å²) >= 11 is 3.27. The second-order valence-electron chi connectivity index (χ2n) is 5.91. The van der Waals surface area contributed by atoms with Gasteiger partial charge in [-0.15, -0.1) is 0 Å². The average molecular weight is 366 g/mol. The van der Waals surface area contributed by atoms with Crippen molar-refractivity contribution in [3.63, 3.8) is 0 Å². The predicted octanol–water partition coefficient (Wildman–Crippen LogP) is 3.01. The van der Waals surface area contributed by atoms with Gasteiger partial charge in [0.2, 0.25) is 0 Å². The number of ketones is 1. The largest absolute Gasteiger partial charge is 0.480 e. The first-order valence-electron chi connectivity index (χ1n) is 7.39. The monoisotopic (exact) mass is 365 g/mol. The molecule has 1 heterocycles. The molecule has 116 valence electrons. The Kier molecular flexibility index (Phi) is 4.04. The van der Waals surface area contributed by atoms with E-state index < -0.39 is 23.7 Å². The normalized spacial score (nSPS) is 19.6. The summed E-state index contributed by atoms with van der Waals surface area (Å²) in [5, 5.41) is 9.56. The van der Waals surface area contributed by atoms with E-state index in [2.05, 4.69) is 15.9 Å². The second kappa shape index (κ2) is 5.83. The first-order chi connectivity index (χ1) is 10.5. The van der Waals surface area contributed by atoms with E-state index in [9.17, 15) is 19.5 Å². The lowest BCUT2D eigenvalue weighted by molar-refractivity contribution is -0.140. The number of carbonyl (C=O) groups is 3. The molecule has 2 aliphatic rings. The molecule has 1 fully saturated rings. The topological polar surface area (TPSA) is 74.7 Å². The predicted molar refractivity (Wildman–Crippen MR) is 84.0 cm³/mol. The van der Waals surface area contributed by atoms with Crippen LogP contribution in [0.1, 0.15) is 42.5 Å². The SMILES string of the molecule is O=C1C(=O)N(C(CC2CCCC2)C(=O)O)c2ccc(Br)cc21. The van der Waals surface area contributed by atoms with Crippen molar-refractivity contribution in [1.29, 1.82) is 0 Å². The molecule has 6 heteroatoms. The summed E-state index contributed by atoms with van der Waals surface area (Å²) in [6.45, 7) is 0. The van der Waals surface area contributed by atoms with E-state index in [1.807, 2.05) is 0 Å². The van der Waals surface area contributed by atoms with Crippen LogP contribution in [0.3, 0.4) is 0 Å². The van der Waals surface area contributed by atoms with Crippen LogP contribution in [-0.4, -0.2) is 28.8 Å². The molecule has 1 saturated carbocycles. The molecule has 3 rings (SSSR count). The van der Waals surface area contributed by atoms with E-state index in [1.165, 1.54) is 4.90 Å². The molecule has 1 aromatic carbocycles. The van der Waals surface area contributed by atoms with Crippen molar-refractivity contribution >= 4 is 39.3 Å². The van der Waals surface area contributed by atoms with Gasteiger partial charge in [-0.05, 0) is 30.5 Å². The van der Waals surface area contributed by atoms with Crippen LogP contribution in [0.5, 0.6) is 0 Å². The van der Waals surface area contributed by atoms with Crippen LogP contribution in [0.15, 0.2) is 22.7 Å². The third-order valence-electron chi connectivity index (χ3n) is 4.50. The summed E-state index contributed by atoms with van der Waals surface area (Å²) in [5.41, 5.74) is 0.681. The van der Waals surface area contributed by atoms with Gasteiger partial charge in [0, 0.05) is 4.47 Å². The number of carbonyl (C=O) groups excluding carboxylic acids is 2. The molecule has 1 unspecified atom stereocenters. The fourth-order valence-corrected chi connectivity index (χ4v) is 3.78. The van der Waals surface area contributed by atoms with Crippen LogP contribution in [0.25, 0.3) is 0 Å². The Hall–Kier alpha value is -1.69. The van der Waals surface area contributed by atoms with Gasteiger partial charge in [0.1, 0.15) is 6.04 Å². The maximum absolute atomic E-state index is 12.3. The number of hydrogen-bond acceptors (Lipinski definition) is 3. The second-order valence-corrected chi connectivity index (χ2v) is 6.82. The number of fused-ring (bicyclic) bond motifs is 1. The Bertz CT molecular complexity index is 652. The van der Waals surface area contributed by atoms with E-state index in [-0.39, 0.29) is 5.56 Å². The van der Waals surface area contributed by atoms with E-state index >= 15 is 0 Å². The van der Waals surface area contributed by atoms with Crippen LogP contribution in [0.2, 0.25) is 0 Å². The third kappa shape index (κ3) is 2.56. The average Bonchev–Trinajstić information content (AvgIpc) is 3.06. The number of Topliss-reactive ketones (excluding diaryl/α,β-unsaturated/α-hetero) is 1. The summed E-state index contributed by atoms with van der Waals surface area (Å²) in [4.78, 5) is 37.3. The number of benzene rings is 1. The van der Waals surface area contributed by atoms with E-state index in [0.29, 0.717) is 22.5 Å². The Morgan fingerprint density at radius 2 is 2.00 bits per heavy atom. The van der Waals surface area contributed by atoms with Crippen molar-refractivity contribution in [2.24, 2.45) is 5.92 Å². The zero-order valence-electron chi connectivity index (χ0n) is 11.9. The van der Waals surface area contributed by atoms with E-state index in [0.717, 1.165) is 25.7 Å². The molecule has 0 spiro atoms. The lowest BCUT2D eigenvalue weighted by atomic mass is 9.97. The molecule has 0 aromatic heterocycles. The highest BCUT2D eigenvalue weighted by Gasteiger charge is 2.43. The molecule has 0 bridgehead atoms. The van der Waals surface area contributed by atoms with E-state index in [1.54, 1.807) is 18.2 Å². The van der Waals surface area contributed by atoms with Gasteiger partial charge < -0.3 is 5.11 Å². The van der Waals surface area contributed by atoms with Crippen LogP contribution >= 0.6 is 15.9 Å². The number of carboxylic acid groups (broad SMARTS) is 1. The van der Waals surface area contributed by atoms with Crippen molar-refractivity contribution in [1.82, 2.24) is 0 Å². The number of anilines is 1. The number of carboxylic acids is 1. The number of amides is 1. The van der Waals surface area contributed by atoms with Gasteiger partial charge in [-0.3, -0.25) is 14.5 Å². The van der Waals surface area contributed by atoms with Crippen LogP contribution in [0.4, 0.5) is 5.69 Å². The zero-order chi connectivity index (χ0) is 15.9. The smallest absolute Gasteiger partial charge is 0.326 e. The van der Waals surface area contributed by atoms with E-state index in [4.69, 9.17) is 0 Å². The zero-order valence-corrected chi connectivity index (χ0v) is 13.5. The molecule has 1 N–H and O–H groups in total. The van der Waals surface area contributed by atoms with Crippen molar-refractivity contribution in [2.75, 3.05) is 4.90 Å². The molecule has 1 atom stereocenters. The highest BCUT2D eigenvalue weighted by Crippen LogP contribution is 2.36. The Morgan fingerprint density at radius 1 is 1.32 bits per heavy atom. The van der Waals surface area contributed by atoms with Gasteiger partial charge in [-0.25, -0.2) is 4.79 Å². The Balaban J connectivity index is 1.96. The highest BCUT2D eigenvalue weighted by atomic mass is 79.9. The molecule has 0 saturated heterocycles. The minimum Gasteiger partial charge on any atom is -0.480 e. The first kappa shape index (κ1) is 15.2. The highest BCUT2D eigenvalue weighted by molar-refractivity contribution is 9.10. The molecule has 1 amide bonds. The molecule has 22 heavy (non-hydrogen) atoms. The van der Waals surface area contributed by atoms with Crippen LogP contribution in [0, 0.1) is 5.92 Å². The standard InChI is InChI=1S/C16H16BrNO4/c17-10-5-6-12-11(8-10)14(19)15(20)18(12)13(16(21)22)7-9-3-1-2-4-9/h5-6,8-9,13H,1-4,7H2,(H,21,22). The maximum Gasteiger partial charge on any atom is 0.326 e. The number of aliphatic carboxylic acids is 1. The molecular weight excluding hydrogens is 350 g/mol. The number of halogens is 1. The van der Waals surface area contributed by atoms with Crippen molar-refractivity contribution in [2.45, 2.75) is 38.1 Å². The fourth-order valence-electron chi connectivity index (χ4n) is 3.42. The molecule has 1 aliphatic carbocycles. The van der Waals surface area contributed by atoms with Crippen molar-refractivity contribution in [3.05, 3.63) is 28.2 Å². The summed E-state index contributed by atoms with van der Waals surface area (Å²) < 4.78 is 0.692. The van der Waals surface area contributed by atoms with Gasteiger partial charge in [0.15, 0.2) is 0 Å². The first-order valence-corrected chi connectivity index (χ1v) is 8.18. The molecule has 5 nitrogen and oxygen atoms in total. The lowest BCUT2D eigenvalue weighted by Gasteiger charge is -2.26. The molecule has 1 aromatic rings. The third-order valence-corrected chi connectivity index (χ3v) is 5.00. The summed E-state index contributed by atoms with van der Waals surface area (Å²) in [7, 11) is 0. The Morgan fingerprint density at radius 3 is 2.64 bits per heavy atom. The lowest BCUT2D eigenvalue weighted by Crippen LogP contribution is -2.45. The van der Waals surface area contributed by atoms with Gasteiger partial charge in [0.05, 0.1) is 11.3 Å². The Labute approximate surface area is 136 Å². The quantitative estimate of drug-likeness (QED) is 0.832. The van der Waals surface area contributed by atoms with Gasteiger partial charge in [-0.2, -0.15) is 0 Å². The molecular formula is C16H16BrNO4. The molecule has 1 aliphatic heterocycles.